The van der Waals surface area contributed by atoms with Gasteiger partial charge in [-0.1, -0.05) is 30.0 Å². The molecule has 4 rings (SSSR count). The highest BCUT2D eigenvalue weighted by Crippen LogP contribution is 2.34. The van der Waals surface area contributed by atoms with Gasteiger partial charge >= 0.3 is 0 Å². The van der Waals surface area contributed by atoms with Crippen molar-refractivity contribution < 1.29 is 5.11 Å². The largest absolute Gasteiger partial charge is 0.510 e. The number of nitriles is 1. The van der Waals surface area contributed by atoms with Gasteiger partial charge < -0.3 is 9.67 Å². The average molecular weight is 440 g/mol. The lowest BCUT2D eigenvalue weighted by molar-refractivity contribution is 0.402. The number of hydrogen-bond acceptors (Lipinski definition) is 8. The van der Waals surface area contributed by atoms with Crippen LogP contribution in [0.3, 0.4) is 0 Å². The Morgan fingerprint density at radius 3 is 2.79 bits per heavy atom. The lowest BCUT2D eigenvalue weighted by Crippen LogP contribution is -2.07. The molecule has 6 nitrogen and oxygen atoms in total. The maximum Gasteiger partial charge on any atom is 0.192 e. The molecule has 1 atom stereocenters. The number of para-hydroxylation sites is 1. The first-order chi connectivity index (χ1) is 14.1. The molecular formula is C20H17N5OS3. The summed E-state index contributed by atoms with van der Waals surface area (Å²) in [5.74, 6) is 0.812. The summed E-state index contributed by atoms with van der Waals surface area (Å²) < 4.78 is 3.00. The summed E-state index contributed by atoms with van der Waals surface area (Å²) in [4.78, 5) is 5.55. The molecular weight excluding hydrogens is 422 g/mol. The van der Waals surface area contributed by atoms with Crippen molar-refractivity contribution in [1.82, 2.24) is 19.7 Å². The fourth-order valence-electron chi connectivity index (χ4n) is 2.86. The van der Waals surface area contributed by atoms with Gasteiger partial charge in [-0.25, -0.2) is 4.98 Å². The van der Waals surface area contributed by atoms with Crippen LogP contribution in [0.2, 0.25) is 0 Å². The van der Waals surface area contributed by atoms with E-state index in [0.29, 0.717) is 16.7 Å². The molecule has 1 aromatic carbocycles. The van der Waals surface area contributed by atoms with Crippen molar-refractivity contribution in [3.63, 3.8) is 0 Å². The predicted molar refractivity (Wildman–Crippen MR) is 119 cm³/mol. The van der Waals surface area contributed by atoms with Gasteiger partial charge in [0, 0.05) is 6.54 Å². The highest BCUT2D eigenvalue weighted by molar-refractivity contribution is 7.99. The molecule has 0 radical (unpaired) electrons. The second-order valence-electron chi connectivity index (χ2n) is 6.15. The number of aliphatic hydroxyl groups is 1. The number of thioether (sulfide) groups is 1. The minimum Gasteiger partial charge on any atom is -0.510 e. The van der Waals surface area contributed by atoms with Crippen LogP contribution in [0.5, 0.6) is 0 Å². The van der Waals surface area contributed by atoms with Crippen LogP contribution in [0.4, 0.5) is 0 Å². The third-order valence-electron chi connectivity index (χ3n) is 4.32. The minimum absolute atomic E-state index is 0.000109. The van der Waals surface area contributed by atoms with E-state index in [-0.39, 0.29) is 16.6 Å². The third-order valence-corrected chi connectivity index (χ3v) is 7.33. The van der Waals surface area contributed by atoms with Gasteiger partial charge in [0.2, 0.25) is 0 Å². The zero-order valence-electron chi connectivity index (χ0n) is 15.7. The normalized spacial score (nSPS) is 13.3. The van der Waals surface area contributed by atoms with Gasteiger partial charge in [0.1, 0.15) is 22.4 Å². The number of nitrogens with zero attached hydrogens (tertiary/aromatic N) is 5. The number of hydrogen-bond donors (Lipinski definition) is 1. The Bertz CT molecular complexity index is 1180. The molecule has 0 aliphatic carbocycles. The molecule has 0 bridgehead atoms. The van der Waals surface area contributed by atoms with Crippen LogP contribution in [0.25, 0.3) is 26.5 Å². The molecule has 0 aliphatic heterocycles. The molecule has 1 N–H and O–H groups in total. The first-order valence-corrected chi connectivity index (χ1v) is 11.5. The van der Waals surface area contributed by atoms with E-state index in [0.717, 1.165) is 20.9 Å². The number of rotatable bonds is 6. The number of allylic oxidation sites excluding steroid dienone is 1. The second kappa shape index (κ2) is 8.37. The van der Waals surface area contributed by atoms with Crippen molar-refractivity contribution >= 4 is 50.2 Å². The smallest absolute Gasteiger partial charge is 0.192 e. The quantitative estimate of drug-likeness (QED) is 0.239. The standard InChI is InChI=1S/C20H17N5OS3/c1-3-25-18(16-9-6-10-27-16)23-24-20(25)28-12(2)17(26)13(11-21)19-22-14-7-4-5-8-15(14)29-19/h4-10,12,26H,3H2,1-2H3/b17-13-. The number of aliphatic hydroxyl groups excluding tert-OH is 1. The zero-order valence-corrected chi connectivity index (χ0v) is 18.2. The summed E-state index contributed by atoms with van der Waals surface area (Å²) >= 11 is 4.39. The highest BCUT2D eigenvalue weighted by atomic mass is 32.2. The Morgan fingerprint density at radius 1 is 1.28 bits per heavy atom. The van der Waals surface area contributed by atoms with Gasteiger partial charge in [-0.05, 0) is 37.4 Å². The molecule has 0 aliphatic rings. The topological polar surface area (TPSA) is 87.6 Å². The van der Waals surface area contributed by atoms with Crippen LogP contribution < -0.4 is 0 Å². The highest BCUT2D eigenvalue weighted by Gasteiger charge is 2.22. The maximum atomic E-state index is 10.8. The molecule has 0 spiro atoms. The van der Waals surface area contributed by atoms with E-state index in [1.54, 1.807) is 11.3 Å². The number of aromatic nitrogens is 4. The van der Waals surface area contributed by atoms with E-state index in [1.807, 2.05) is 60.2 Å². The van der Waals surface area contributed by atoms with Crippen LogP contribution in [0, 0.1) is 11.3 Å². The molecule has 0 fully saturated rings. The van der Waals surface area contributed by atoms with Crippen molar-refractivity contribution in [2.24, 2.45) is 0 Å². The summed E-state index contributed by atoms with van der Waals surface area (Å²) in [5.41, 5.74) is 1.02. The number of benzene rings is 1. The summed E-state index contributed by atoms with van der Waals surface area (Å²) in [5, 5.41) is 32.0. The number of thiophene rings is 1. The van der Waals surface area contributed by atoms with Gasteiger partial charge in [-0.3, -0.25) is 0 Å². The molecule has 29 heavy (non-hydrogen) atoms. The van der Waals surface area contributed by atoms with Crippen LogP contribution in [-0.4, -0.2) is 30.1 Å². The van der Waals surface area contributed by atoms with Gasteiger partial charge in [0.15, 0.2) is 11.0 Å². The first kappa shape index (κ1) is 19.6. The monoisotopic (exact) mass is 439 g/mol. The fourth-order valence-corrected chi connectivity index (χ4v) is 5.52. The lowest BCUT2D eigenvalue weighted by atomic mass is 10.2. The molecule has 9 heteroatoms. The molecule has 3 heterocycles. The maximum absolute atomic E-state index is 10.8. The van der Waals surface area contributed by atoms with Crippen molar-refractivity contribution in [3.8, 4) is 16.8 Å². The summed E-state index contributed by atoms with van der Waals surface area (Å²) in [6.07, 6.45) is 0. The Morgan fingerprint density at radius 2 is 2.10 bits per heavy atom. The SMILES string of the molecule is CCn1c(SC(C)/C(O)=C(\C#N)c2nc3ccccc3s2)nnc1-c1cccs1. The van der Waals surface area contributed by atoms with Crippen LogP contribution >= 0.6 is 34.4 Å². The van der Waals surface area contributed by atoms with Gasteiger partial charge in [-0.2, -0.15) is 5.26 Å². The third kappa shape index (κ3) is 3.79. The van der Waals surface area contributed by atoms with Crippen LogP contribution in [-0.2, 0) is 6.54 Å². The lowest BCUT2D eigenvalue weighted by Gasteiger charge is -2.12. The fraction of sp³-hybridized carbons (Fsp3) is 0.200. The molecule has 0 amide bonds. The Hall–Kier alpha value is -2.67. The molecule has 0 saturated heterocycles. The van der Waals surface area contributed by atoms with E-state index < -0.39 is 0 Å². The molecule has 3 aromatic heterocycles. The van der Waals surface area contributed by atoms with Gasteiger partial charge in [0.05, 0.1) is 20.3 Å². The molecule has 4 aromatic rings. The second-order valence-corrected chi connectivity index (χ2v) is 9.43. The van der Waals surface area contributed by atoms with Crippen LogP contribution in [0.1, 0.15) is 18.9 Å². The van der Waals surface area contributed by atoms with E-state index >= 15 is 0 Å². The average Bonchev–Trinajstić information content (AvgIpc) is 3.47. The summed E-state index contributed by atoms with van der Waals surface area (Å²) in [6.45, 7) is 4.60. The molecule has 146 valence electrons. The van der Waals surface area contributed by atoms with Gasteiger partial charge in [0.25, 0.3) is 0 Å². The number of fused-ring (bicyclic) bond motifs is 1. The van der Waals surface area contributed by atoms with Crippen molar-refractivity contribution in [3.05, 3.63) is 52.5 Å². The van der Waals surface area contributed by atoms with Gasteiger partial charge in [-0.15, -0.1) is 32.9 Å². The van der Waals surface area contributed by atoms with Crippen molar-refractivity contribution in [2.45, 2.75) is 30.8 Å². The van der Waals surface area contributed by atoms with E-state index in [9.17, 15) is 10.4 Å². The summed E-state index contributed by atoms with van der Waals surface area (Å²) in [6, 6.07) is 13.8. The molecule has 0 saturated carbocycles. The van der Waals surface area contributed by atoms with Crippen molar-refractivity contribution in [1.29, 1.82) is 5.26 Å². The first-order valence-electron chi connectivity index (χ1n) is 8.95. The Labute approximate surface area is 180 Å². The minimum atomic E-state index is -0.373. The Balaban J connectivity index is 1.65. The predicted octanol–water partition coefficient (Wildman–Crippen LogP) is 5.61. The molecule has 1 unspecified atom stereocenters. The summed E-state index contributed by atoms with van der Waals surface area (Å²) in [7, 11) is 0. The van der Waals surface area contributed by atoms with E-state index in [2.05, 4.69) is 21.3 Å². The van der Waals surface area contributed by atoms with E-state index in [4.69, 9.17) is 0 Å². The van der Waals surface area contributed by atoms with E-state index in [1.165, 1.54) is 23.1 Å². The zero-order chi connectivity index (χ0) is 20.4. The Kier molecular flexibility index (Phi) is 5.67. The number of thiazole rings is 1. The van der Waals surface area contributed by atoms with Crippen LogP contribution in [0.15, 0.2) is 52.7 Å². The van der Waals surface area contributed by atoms with Crippen molar-refractivity contribution in [2.75, 3.05) is 0 Å².